The van der Waals surface area contributed by atoms with Gasteiger partial charge in [0.2, 0.25) is 0 Å². The smallest absolute Gasteiger partial charge is 0.276 e. The highest BCUT2D eigenvalue weighted by Crippen LogP contribution is 2.25. The van der Waals surface area contributed by atoms with Gasteiger partial charge in [0, 0.05) is 11.2 Å². The first kappa shape index (κ1) is 23.2. The van der Waals surface area contributed by atoms with Crippen molar-refractivity contribution in [3.8, 4) is 5.75 Å². The van der Waals surface area contributed by atoms with Crippen molar-refractivity contribution < 1.29 is 9.53 Å². The van der Waals surface area contributed by atoms with Crippen LogP contribution >= 0.6 is 34.8 Å². The molecule has 7 nitrogen and oxygen atoms in total. The van der Waals surface area contributed by atoms with Crippen molar-refractivity contribution in [2.24, 2.45) is 0 Å². The van der Waals surface area contributed by atoms with Gasteiger partial charge in [-0.1, -0.05) is 46.9 Å². The van der Waals surface area contributed by atoms with E-state index in [-0.39, 0.29) is 18.3 Å². The molecule has 1 N–H and O–H groups in total. The number of nitrogens with zero attached hydrogens (tertiary/aromatic N) is 4. The molecule has 0 atom stereocenters. The number of aryl methyl sites for hydroxylation is 1. The molecule has 4 aromatic rings. The molecule has 33 heavy (non-hydrogen) atoms. The molecular formula is C23H20Cl3N5O2. The minimum absolute atomic E-state index is 0.146. The molecule has 0 aliphatic rings. The van der Waals surface area contributed by atoms with E-state index in [1.807, 2.05) is 24.6 Å². The third kappa shape index (κ3) is 5.50. The highest BCUT2D eigenvalue weighted by molar-refractivity contribution is 6.42. The lowest BCUT2D eigenvalue weighted by molar-refractivity contribution is 0.102. The summed E-state index contributed by atoms with van der Waals surface area (Å²) in [6.07, 6.45) is 1.67. The van der Waals surface area contributed by atoms with Gasteiger partial charge in [-0.05, 0) is 55.8 Å². The summed E-state index contributed by atoms with van der Waals surface area (Å²) in [6.45, 7) is 4.37. The Morgan fingerprint density at radius 2 is 1.85 bits per heavy atom. The van der Waals surface area contributed by atoms with Gasteiger partial charge < -0.3 is 10.1 Å². The zero-order valence-corrected chi connectivity index (χ0v) is 20.1. The molecule has 2 aromatic carbocycles. The van der Waals surface area contributed by atoms with E-state index < -0.39 is 0 Å². The summed E-state index contributed by atoms with van der Waals surface area (Å²) >= 11 is 18.1. The van der Waals surface area contributed by atoms with Crippen LogP contribution in [-0.2, 0) is 13.3 Å². The molecule has 0 spiro atoms. The highest BCUT2D eigenvalue weighted by Gasteiger charge is 2.17. The standard InChI is InChI=1S/C23H20Cl3N5O2/c1-14-22(15(2)31(28-14)12-16-6-7-19(25)20(26)10-16)27-23(32)21-8-9-30(29-21)13-33-18-5-3-4-17(24)11-18/h3-11H,12-13H2,1-2H3,(H,27,32). The van der Waals surface area contributed by atoms with Gasteiger partial charge in [-0.25, -0.2) is 4.68 Å². The number of anilines is 1. The van der Waals surface area contributed by atoms with Crippen LogP contribution < -0.4 is 10.1 Å². The summed E-state index contributed by atoms with van der Waals surface area (Å²) in [5, 5.41) is 13.3. The van der Waals surface area contributed by atoms with E-state index in [1.165, 1.54) is 4.68 Å². The first-order valence-electron chi connectivity index (χ1n) is 10.0. The Bertz CT molecular complexity index is 1320. The van der Waals surface area contributed by atoms with E-state index in [4.69, 9.17) is 39.5 Å². The first-order valence-corrected chi connectivity index (χ1v) is 11.1. The molecule has 0 bridgehead atoms. The molecule has 170 valence electrons. The second kappa shape index (κ2) is 9.87. The van der Waals surface area contributed by atoms with Crippen LogP contribution in [0.4, 0.5) is 5.69 Å². The van der Waals surface area contributed by atoms with Crippen molar-refractivity contribution in [2.45, 2.75) is 27.1 Å². The average Bonchev–Trinajstić information content (AvgIpc) is 3.35. The maximum Gasteiger partial charge on any atom is 0.276 e. The van der Waals surface area contributed by atoms with E-state index in [0.29, 0.717) is 38.7 Å². The topological polar surface area (TPSA) is 74.0 Å². The molecule has 4 rings (SSSR count). The first-order chi connectivity index (χ1) is 15.8. The van der Waals surface area contributed by atoms with Gasteiger partial charge in [0.25, 0.3) is 5.91 Å². The summed E-state index contributed by atoms with van der Waals surface area (Å²) < 4.78 is 8.99. The number of nitrogens with one attached hydrogen (secondary N) is 1. The Balaban J connectivity index is 1.42. The van der Waals surface area contributed by atoms with Gasteiger partial charge in [-0.2, -0.15) is 10.2 Å². The fourth-order valence-corrected chi connectivity index (χ4v) is 3.77. The van der Waals surface area contributed by atoms with Crippen LogP contribution in [-0.4, -0.2) is 25.5 Å². The number of ether oxygens (including phenoxy) is 1. The Labute approximate surface area is 205 Å². The van der Waals surface area contributed by atoms with Gasteiger partial charge in [0.05, 0.1) is 33.7 Å². The van der Waals surface area contributed by atoms with Gasteiger partial charge in [0.1, 0.15) is 5.75 Å². The van der Waals surface area contributed by atoms with E-state index in [9.17, 15) is 4.79 Å². The molecule has 2 heterocycles. The van der Waals surface area contributed by atoms with Gasteiger partial charge >= 0.3 is 0 Å². The number of hydrogen-bond donors (Lipinski definition) is 1. The minimum atomic E-state index is -0.336. The van der Waals surface area contributed by atoms with Crippen molar-refractivity contribution in [2.75, 3.05) is 5.32 Å². The fraction of sp³-hybridized carbons (Fsp3) is 0.174. The van der Waals surface area contributed by atoms with Crippen LogP contribution in [0, 0.1) is 13.8 Å². The summed E-state index contributed by atoms with van der Waals surface area (Å²) in [4.78, 5) is 12.8. The van der Waals surface area contributed by atoms with Crippen LogP contribution in [0.25, 0.3) is 0 Å². The van der Waals surface area contributed by atoms with Crippen molar-refractivity contribution >= 4 is 46.4 Å². The molecule has 0 aliphatic heterocycles. The molecular weight excluding hydrogens is 485 g/mol. The number of carbonyl (C=O) groups is 1. The second-order valence-corrected chi connectivity index (χ2v) is 8.63. The van der Waals surface area contributed by atoms with Crippen LogP contribution in [0.1, 0.15) is 27.4 Å². The van der Waals surface area contributed by atoms with Gasteiger partial charge in [0.15, 0.2) is 12.4 Å². The molecule has 0 saturated carbocycles. The number of rotatable bonds is 7. The predicted octanol–water partition coefficient (Wildman–Crippen LogP) is 5.99. The lowest BCUT2D eigenvalue weighted by Gasteiger charge is -2.08. The molecule has 0 fully saturated rings. The molecule has 0 unspecified atom stereocenters. The van der Waals surface area contributed by atoms with Crippen molar-refractivity contribution in [1.29, 1.82) is 0 Å². The molecule has 0 saturated heterocycles. The average molecular weight is 505 g/mol. The maximum atomic E-state index is 12.8. The zero-order valence-electron chi connectivity index (χ0n) is 17.8. The molecule has 0 radical (unpaired) electrons. The van der Waals surface area contributed by atoms with Crippen LogP contribution in [0.5, 0.6) is 5.75 Å². The third-order valence-electron chi connectivity index (χ3n) is 4.97. The maximum absolute atomic E-state index is 12.8. The van der Waals surface area contributed by atoms with Gasteiger partial charge in [-0.15, -0.1) is 0 Å². The summed E-state index contributed by atoms with van der Waals surface area (Å²) in [5.74, 6) is 0.279. The Morgan fingerprint density at radius 3 is 2.61 bits per heavy atom. The number of carbonyl (C=O) groups excluding carboxylic acids is 1. The molecule has 2 aromatic heterocycles. The van der Waals surface area contributed by atoms with E-state index >= 15 is 0 Å². The third-order valence-corrected chi connectivity index (χ3v) is 5.94. The van der Waals surface area contributed by atoms with Crippen molar-refractivity contribution in [3.05, 3.63) is 92.4 Å². The van der Waals surface area contributed by atoms with Gasteiger partial charge in [-0.3, -0.25) is 9.48 Å². The van der Waals surface area contributed by atoms with Crippen LogP contribution in [0.2, 0.25) is 15.1 Å². The number of benzene rings is 2. The lowest BCUT2D eigenvalue weighted by Crippen LogP contribution is -2.15. The highest BCUT2D eigenvalue weighted by atomic mass is 35.5. The van der Waals surface area contributed by atoms with E-state index in [2.05, 4.69) is 15.5 Å². The Morgan fingerprint density at radius 1 is 1.03 bits per heavy atom. The number of aromatic nitrogens is 4. The quantitative estimate of drug-likeness (QED) is 0.335. The normalized spacial score (nSPS) is 10.9. The Kier molecular flexibility index (Phi) is 6.93. The molecule has 10 heteroatoms. The second-order valence-electron chi connectivity index (χ2n) is 7.38. The largest absolute Gasteiger partial charge is 0.471 e. The van der Waals surface area contributed by atoms with E-state index in [1.54, 1.807) is 48.7 Å². The summed E-state index contributed by atoms with van der Waals surface area (Å²) in [5.41, 5.74) is 3.37. The van der Waals surface area contributed by atoms with Crippen LogP contribution in [0.3, 0.4) is 0 Å². The number of halogens is 3. The Hall–Kier alpha value is -3.00. The van der Waals surface area contributed by atoms with E-state index in [0.717, 1.165) is 11.3 Å². The zero-order chi connectivity index (χ0) is 23.5. The predicted molar refractivity (Wildman–Crippen MR) is 130 cm³/mol. The van der Waals surface area contributed by atoms with Crippen LogP contribution in [0.15, 0.2) is 54.7 Å². The molecule has 0 aliphatic carbocycles. The number of amides is 1. The fourth-order valence-electron chi connectivity index (χ4n) is 3.27. The lowest BCUT2D eigenvalue weighted by atomic mass is 10.2. The summed E-state index contributed by atoms with van der Waals surface area (Å²) in [6, 6.07) is 14.1. The number of hydrogen-bond acceptors (Lipinski definition) is 4. The monoisotopic (exact) mass is 503 g/mol. The van der Waals surface area contributed by atoms with Crippen molar-refractivity contribution in [1.82, 2.24) is 19.6 Å². The minimum Gasteiger partial charge on any atom is -0.471 e. The SMILES string of the molecule is Cc1nn(Cc2ccc(Cl)c(Cl)c2)c(C)c1NC(=O)c1ccn(COc2cccc(Cl)c2)n1. The molecule has 1 amide bonds. The van der Waals surface area contributed by atoms with Crippen molar-refractivity contribution in [3.63, 3.8) is 0 Å². The summed E-state index contributed by atoms with van der Waals surface area (Å²) in [7, 11) is 0.